The van der Waals surface area contributed by atoms with E-state index < -0.39 is 0 Å². The molecule has 0 aliphatic rings. The molecule has 0 aliphatic carbocycles. The number of benzene rings is 1. The molecule has 1 aromatic carbocycles. The topological polar surface area (TPSA) is 46.4 Å². The molecule has 0 aliphatic heterocycles. The van der Waals surface area contributed by atoms with Crippen LogP contribution in [0, 0.1) is 13.8 Å². The van der Waals surface area contributed by atoms with Crippen molar-refractivity contribution in [3.63, 3.8) is 0 Å². The van der Waals surface area contributed by atoms with Gasteiger partial charge in [0.25, 0.3) is 0 Å². The number of aromatic nitrogens is 2. The molecule has 0 spiro atoms. The summed E-state index contributed by atoms with van der Waals surface area (Å²) in [6, 6.07) is 11.9. The lowest BCUT2D eigenvalue weighted by Gasteiger charge is -2.13. The Balaban J connectivity index is 1.72. The average molecular weight is 325 g/mol. The van der Waals surface area contributed by atoms with Crippen molar-refractivity contribution >= 4 is 28.9 Å². The van der Waals surface area contributed by atoms with Crippen LogP contribution in [-0.4, -0.2) is 20.5 Å². The zero-order valence-electron chi connectivity index (χ0n) is 13.4. The summed E-state index contributed by atoms with van der Waals surface area (Å²) in [6.07, 6.45) is 3.77. The number of carbonyl (C=O) groups excluding carboxylic acids is 1. The fourth-order valence-electron chi connectivity index (χ4n) is 2.41. The van der Waals surface area contributed by atoms with Crippen LogP contribution < -0.4 is 5.32 Å². The van der Waals surface area contributed by atoms with E-state index in [1.807, 2.05) is 67.9 Å². The van der Waals surface area contributed by atoms with Gasteiger partial charge < -0.3 is 5.32 Å². The molecule has 118 valence electrons. The molecule has 1 N–H and O–H groups in total. The number of rotatable bonds is 4. The molecule has 5 heteroatoms. The van der Waals surface area contributed by atoms with Crippen molar-refractivity contribution in [1.29, 1.82) is 0 Å². The number of pyridine rings is 1. The van der Waals surface area contributed by atoms with E-state index in [1.165, 1.54) is 17.3 Å². The molecule has 3 rings (SSSR count). The monoisotopic (exact) mass is 325 g/mol. The van der Waals surface area contributed by atoms with Crippen molar-refractivity contribution < 1.29 is 4.79 Å². The number of carbonyl (C=O) groups is 1. The molecule has 0 saturated heterocycles. The first-order valence-corrected chi connectivity index (χ1v) is 8.39. The summed E-state index contributed by atoms with van der Waals surface area (Å²) in [6.45, 7) is 5.94. The van der Waals surface area contributed by atoms with E-state index >= 15 is 0 Å². The first-order valence-electron chi connectivity index (χ1n) is 7.51. The molecule has 1 unspecified atom stereocenters. The summed E-state index contributed by atoms with van der Waals surface area (Å²) >= 11 is 1.46. The Hall–Kier alpha value is -2.27. The number of imidazole rings is 1. The van der Waals surface area contributed by atoms with Gasteiger partial charge in [-0.1, -0.05) is 35.5 Å². The first kappa shape index (κ1) is 15.6. The molecular formula is C18H19N3OS. The molecule has 0 saturated carbocycles. The van der Waals surface area contributed by atoms with Crippen LogP contribution in [-0.2, 0) is 4.79 Å². The van der Waals surface area contributed by atoms with Crippen molar-refractivity contribution in [3.05, 3.63) is 59.9 Å². The van der Waals surface area contributed by atoms with Crippen LogP contribution in [0.25, 0.3) is 5.52 Å². The second-order valence-electron chi connectivity index (χ2n) is 5.60. The molecule has 3 aromatic rings. The number of nitrogens with one attached hydrogen (secondary N) is 1. The van der Waals surface area contributed by atoms with Gasteiger partial charge in [0.1, 0.15) is 0 Å². The van der Waals surface area contributed by atoms with Crippen molar-refractivity contribution in [2.24, 2.45) is 0 Å². The third kappa shape index (κ3) is 3.40. The summed E-state index contributed by atoms with van der Waals surface area (Å²) in [5, 5.41) is 3.59. The molecule has 2 heterocycles. The second-order valence-corrected chi connectivity index (χ2v) is 6.91. The highest BCUT2D eigenvalue weighted by Crippen LogP contribution is 2.25. The Bertz CT molecular complexity index is 856. The van der Waals surface area contributed by atoms with Crippen molar-refractivity contribution in [1.82, 2.24) is 9.38 Å². The maximum atomic E-state index is 12.4. The van der Waals surface area contributed by atoms with E-state index in [1.54, 1.807) is 0 Å². The van der Waals surface area contributed by atoms with Gasteiger partial charge in [-0.2, -0.15) is 0 Å². The van der Waals surface area contributed by atoms with Gasteiger partial charge in [-0.15, -0.1) is 0 Å². The summed E-state index contributed by atoms with van der Waals surface area (Å²) in [5.41, 5.74) is 4.15. The van der Waals surface area contributed by atoms with Gasteiger partial charge in [-0.25, -0.2) is 4.98 Å². The van der Waals surface area contributed by atoms with E-state index in [4.69, 9.17) is 0 Å². The number of fused-ring (bicyclic) bond motifs is 1. The Morgan fingerprint density at radius 3 is 2.87 bits per heavy atom. The van der Waals surface area contributed by atoms with Gasteiger partial charge in [0, 0.05) is 11.9 Å². The van der Waals surface area contributed by atoms with Crippen molar-refractivity contribution in [2.45, 2.75) is 31.2 Å². The maximum absolute atomic E-state index is 12.4. The lowest BCUT2D eigenvalue weighted by atomic mass is 10.1. The molecule has 4 nitrogen and oxygen atoms in total. The normalized spacial score (nSPS) is 12.3. The van der Waals surface area contributed by atoms with Gasteiger partial charge in [-0.05, 0) is 44.5 Å². The number of thioether (sulfide) groups is 1. The van der Waals surface area contributed by atoms with Crippen LogP contribution in [0.15, 0.2) is 53.9 Å². The number of hydrogen-bond donors (Lipinski definition) is 1. The number of aryl methyl sites for hydroxylation is 2. The van der Waals surface area contributed by atoms with E-state index in [2.05, 4.69) is 16.4 Å². The predicted octanol–water partition coefficient (Wildman–Crippen LogP) is 4.07. The van der Waals surface area contributed by atoms with E-state index in [0.717, 1.165) is 21.9 Å². The zero-order valence-corrected chi connectivity index (χ0v) is 14.2. The average Bonchev–Trinajstić information content (AvgIpc) is 2.93. The van der Waals surface area contributed by atoms with Crippen LogP contribution in [0.2, 0.25) is 0 Å². The minimum Gasteiger partial charge on any atom is -0.325 e. The van der Waals surface area contributed by atoms with Crippen LogP contribution in [0.5, 0.6) is 0 Å². The Morgan fingerprint density at radius 2 is 2.09 bits per heavy atom. The largest absolute Gasteiger partial charge is 0.325 e. The molecule has 1 amide bonds. The Morgan fingerprint density at radius 1 is 1.26 bits per heavy atom. The molecular weight excluding hydrogens is 306 g/mol. The molecule has 23 heavy (non-hydrogen) atoms. The number of anilines is 1. The number of nitrogens with zero attached hydrogens (tertiary/aromatic N) is 2. The lowest BCUT2D eigenvalue weighted by molar-refractivity contribution is -0.115. The summed E-state index contributed by atoms with van der Waals surface area (Å²) in [7, 11) is 0. The highest BCUT2D eigenvalue weighted by molar-refractivity contribution is 8.00. The summed E-state index contributed by atoms with van der Waals surface area (Å²) in [5.74, 6) is -0.0189. The van der Waals surface area contributed by atoms with E-state index in [-0.39, 0.29) is 11.2 Å². The molecule has 0 fully saturated rings. The lowest BCUT2D eigenvalue weighted by Crippen LogP contribution is -2.23. The fourth-order valence-corrected chi connectivity index (χ4v) is 3.28. The van der Waals surface area contributed by atoms with Crippen LogP contribution in [0.1, 0.15) is 18.1 Å². The minimum absolute atomic E-state index is 0.0189. The highest BCUT2D eigenvalue weighted by Gasteiger charge is 2.17. The van der Waals surface area contributed by atoms with Gasteiger partial charge in [0.15, 0.2) is 5.16 Å². The molecule has 0 bridgehead atoms. The van der Waals surface area contributed by atoms with Crippen LogP contribution in [0.4, 0.5) is 5.69 Å². The Kier molecular flexibility index (Phi) is 4.39. The van der Waals surface area contributed by atoms with Crippen molar-refractivity contribution in [2.75, 3.05) is 5.32 Å². The second kappa shape index (κ2) is 6.46. The predicted molar refractivity (Wildman–Crippen MR) is 95.1 cm³/mol. The standard InChI is InChI=1S/C18H19N3OS/c1-12-7-8-16(13(2)10-12)20-17(22)14(3)23-18-19-11-15-6-4-5-9-21(15)18/h4-11,14H,1-3H3,(H,20,22). The maximum Gasteiger partial charge on any atom is 0.237 e. The van der Waals surface area contributed by atoms with E-state index in [0.29, 0.717) is 0 Å². The third-order valence-electron chi connectivity index (χ3n) is 3.70. The smallest absolute Gasteiger partial charge is 0.237 e. The van der Waals surface area contributed by atoms with Gasteiger partial charge in [0.05, 0.1) is 17.0 Å². The van der Waals surface area contributed by atoms with Gasteiger partial charge >= 0.3 is 0 Å². The molecule has 0 radical (unpaired) electrons. The van der Waals surface area contributed by atoms with E-state index in [9.17, 15) is 4.79 Å². The van der Waals surface area contributed by atoms with Crippen LogP contribution >= 0.6 is 11.8 Å². The zero-order chi connectivity index (χ0) is 16.4. The van der Waals surface area contributed by atoms with Crippen LogP contribution in [0.3, 0.4) is 0 Å². The summed E-state index contributed by atoms with van der Waals surface area (Å²) in [4.78, 5) is 16.8. The quantitative estimate of drug-likeness (QED) is 0.736. The fraction of sp³-hybridized carbons (Fsp3) is 0.222. The third-order valence-corrected chi connectivity index (χ3v) is 4.78. The first-order chi connectivity index (χ1) is 11.0. The van der Waals surface area contributed by atoms with Crippen molar-refractivity contribution in [3.8, 4) is 0 Å². The number of amides is 1. The van der Waals surface area contributed by atoms with Gasteiger partial charge in [0.2, 0.25) is 5.91 Å². The summed E-state index contributed by atoms with van der Waals surface area (Å²) < 4.78 is 1.99. The number of hydrogen-bond acceptors (Lipinski definition) is 3. The van der Waals surface area contributed by atoms with Gasteiger partial charge in [-0.3, -0.25) is 9.20 Å². The minimum atomic E-state index is -0.235. The molecule has 1 atom stereocenters. The highest BCUT2D eigenvalue weighted by atomic mass is 32.2. The Labute approximate surface area is 139 Å². The molecule has 2 aromatic heterocycles. The SMILES string of the molecule is Cc1ccc(NC(=O)C(C)Sc2ncc3ccccn23)c(C)c1.